The van der Waals surface area contributed by atoms with Gasteiger partial charge in [0.2, 0.25) is 5.91 Å². The average molecular weight is 485 g/mol. The molecular weight excluding hydrogens is 460 g/mol. The highest BCUT2D eigenvalue weighted by atomic mass is 79.9. The summed E-state index contributed by atoms with van der Waals surface area (Å²) in [5.74, 6) is -0.175. The molecule has 0 aliphatic heterocycles. The third-order valence-electron chi connectivity index (χ3n) is 4.67. The van der Waals surface area contributed by atoms with Gasteiger partial charge in [-0.1, -0.05) is 65.3 Å². The second-order valence-corrected chi connectivity index (χ2v) is 9.00. The maximum absolute atomic E-state index is 13.3. The first-order valence-corrected chi connectivity index (χ1v) is 11.6. The molecule has 0 aliphatic rings. The summed E-state index contributed by atoms with van der Waals surface area (Å²) < 4.78 is 0.847. The topological polar surface area (TPSA) is 40.6 Å². The van der Waals surface area contributed by atoms with Crippen molar-refractivity contribution in [3.05, 3.63) is 92.6 Å². The Hall–Kier alpha value is -2.44. The monoisotopic (exact) mass is 484 g/mol. The van der Waals surface area contributed by atoms with Crippen molar-refractivity contribution in [2.24, 2.45) is 0 Å². The number of halogens is 1. The molecule has 1 aromatic heterocycles. The normalized spacial score (nSPS) is 10.6. The van der Waals surface area contributed by atoms with Gasteiger partial charge in [0.1, 0.15) is 6.54 Å². The standard InChI is InChI=1S/C24H25BrN2O2S/c1-2-13-26(24(29)20-10-6-11-21(25)15-20)18-23(28)27(17-22-12-7-14-30-22)16-19-8-4-3-5-9-19/h3-12,14-15H,2,13,16-18H2,1H3. The van der Waals surface area contributed by atoms with Crippen LogP contribution in [-0.2, 0) is 17.9 Å². The van der Waals surface area contributed by atoms with Crippen molar-refractivity contribution >= 4 is 39.1 Å². The maximum Gasteiger partial charge on any atom is 0.254 e. The Morgan fingerprint density at radius 3 is 2.40 bits per heavy atom. The minimum atomic E-state index is -0.123. The number of rotatable bonds is 9. The number of amides is 2. The van der Waals surface area contributed by atoms with Crippen molar-refractivity contribution in [2.45, 2.75) is 26.4 Å². The Morgan fingerprint density at radius 2 is 1.73 bits per heavy atom. The summed E-state index contributed by atoms with van der Waals surface area (Å²) in [6.07, 6.45) is 0.788. The van der Waals surface area contributed by atoms with E-state index in [0.29, 0.717) is 25.2 Å². The molecule has 1 heterocycles. The molecule has 2 aromatic carbocycles. The van der Waals surface area contributed by atoms with E-state index in [1.165, 1.54) is 0 Å². The SMILES string of the molecule is CCCN(CC(=O)N(Cc1ccccc1)Cc1cccs1)C(=O)c1cccc(Br)c1. The molecule has 0 saturated carbocycles. The predicted octanol–water partition coefficient (Wildman–Crippen LogP) is 5.59. The average Bonchev–Trinajstić information content (AvgIpc) is 3.26. The Bertz CT molecular complexity index is 960. The van der Waals surface area contributed by atoms with Gasteiger partial charge in [-0.3, -0.25) is 9.59 Å². The van der Waals surface area contributed by atoms with Crippen molar-refractivity contribution in [1.29, 1.82) is 0 Å². The van der Waals surface area contributed by atoms with E-state index in [1.807, 2.05) is 71.8 Å². The zero-order valence-corrected chi connectivity index (χ0v) is 19.4. The second-order valence-electron chi connectivity index (χ2n) is 7.05. The molecule has 0 atom stereocenters. The van der Waals surface area contributed by atoms with Crippen LogP contribution in [0, 0.1) is 0 Å². The lowest BCUT2D eigenvalue weighted by Crippen LogP contribution is -2.42. The van der Waals surface area contributed by atoms with Crippen LogP contribution in [-0.4, -0.2) is 34.7 Å². The van der Waals surface area contributed by atoms with Gasteiger partial charge < -0.3 is 9.80 Å². The van der Waals surface area contributed by atoms with E-state index in [1.54, 1.807) is 28.4 Å². The van der Waals surface area contributed by atoms with Gasteiger partial charge in [0, 0.05) is 28.0 Å². The van der Waals surface area contributed by atoms with E-state index in [4.69, 9.17) is 0 Å². The van der Waals surface area contributed by atoms with E-state index in [-0.39, 0.29) is 18.4 Å². The minimum absolute atomic E-state index is 0.0518. The van der Waals surface area contributed by atoms with Gasteiger partial charge in [-0.05, 0) is 41.6 Å². The molecule has 6 heteroatoms. The fourth-order valence-electron chi connectivity index (χ4n) is 3.22. The van der Waals surface area contributed by atoms with Gasteiger partial charge in [0.25, 0.3) is 5.91 Å². The van der Waals surface area contributed by atoms with E-state index >= 15 is 0 Å². The lowest BCUT2D eigenvalue weighted by atomic mass is 10.2. The van der Waals surface area contributed by atoms with Gasteiger partial charge in [-0.15, -0.1) is 11.3 Å². The van der Waals surface area contributed by atoms with Crippen LogP contribution in [0.3, 0.4) is 0 Å². The van der Waals surface area contributed by atoms with E-state index in [9.17, 15) is 9.59 Å². The summed E-state index contributed by atoms with van der Waals surface area (Å²) in [6.45, 7) is 3.67. The molecule has 30 heavy (non-hydrogen) atoms. The van der Waals surface area contributed by atoms with Gasteiger partial charge in [-0.25, -0.2) is 0 Å². The Kier molecular flexibility index (Phi) is 8.22. The fraction of sp³-hybridized carbons (Fsp3) is 0.250. The molecule has 0 radical (unpaired) electrons. The molecule has 3 aromatic rings. The van der Waals surface area contributed by atoms with E-state index < -0.39 is 0 Å². The molecule has 0 unspecified atom stereocenters. The molecule has 2 amide bonds. The number of hydrogen-bond acceptors (Lipinski definition) is 3. The summed E-state index contributed by atoms with van der Waals surface area (Å²) in [7, 11) is 0. The zero-order chi connectivity index (χ0) is 21.3. The first kappa shape index (κ1) is 22.2. The summed E-state index contributed by atoms with van der Waals surface area (Å²) in [4.78, 5) is 31.0. The minimum Gasteiger partial charge on any atom is -0.332 e. The molecule has 0 aliphatic carbocycles. The molecular formula is C24H25BrN2O2S. The van der Waals surface area contributed by atoms with Crippen molar-refractivity contribution < 1.29 is 9.59 Å². The molecule has 0 fully saturated rings. The van der Waals surface area contributed by atoms with Crippen LogP contribution in [0.25, 0.3) is 0 Å². The van der Waals surface area contributed by atoms with Crippen LogP contribution in [0.2, 0.25) is 0 Å². The summed E-state index contributed by atoms with van der Waals surface area (Å²) in [5, 5.41) is 2.01. The second kappa shape index (κ2) is 11.1. The number of thiophene rings is 1. The van der Waals surface area contributed by atoms with Crippen molar-refractivity contribution in [2.75, 3.05) is 13.1 Å². The van der Waals surface area contributed by atoms with Crippen LogP contribution < -0.4 is 0 Å². The molecule has 0 bridgehead atoms. The highest BCUT2D eigenvalue weighted by Gasteiger charge is 2.22. The summed E-state index contributed by atoms with van der Waals surface area (Å²) >= 11 is 5.05. The van der Waals surface area contributed by atoms with Crippen molar-refractivity contribution in [3.8, 4) is 0 Å². The highest BCUT2D eigenvalue weighted by Crippen LogP contribution is 2.17. The van der Waals surface area contributed by atoms with E-state index in [2.05, 4.69) is 15.9 Å². The van der Waals surface area contributed by atoms with Crippen LogP contribution in [0.1, 0.15) is 34.1 Å². The first-order chi connectivity index (χ1) is 14.6. The lowest BCUT2D eigenvalue weighted by molar-refractivity contribution is -0.133. The lowest BCUT2D eigenvalue weighted by Gasteiger charge is -2.27. The van der Waals surface area contributed by atoms with Crippen LogP contribution in [0.5, 0.6) is 0 Å². The first-order valence-electron chi connectivity index (χ1n) is 9.95. The number of hydrogen-bond donors (Lipinski definition) is 0. The predicted molar refractivity (Wildman–Crippen MR) is 125 cm³/mol. The number of benzene rings is 2. The Morgan fingerprint density at radius 1 is 0.933 bits per heavy atom. The molecule has 156 valence electrons. The third-order valence-corrected chi connectivity index (χ3v) is 6.03. The van der Waals surface area contributed by atoms with Gasteiger partial charge in [0.15, 0.2) is 0 Å². The summed E-state index contributed by atoms with van der Waals surface area (Å²) in [5.41, 5.74) is 1.65. The molecule has 0 spiro atoms. The maximum atomic E-state index is 13.3. The van der Waals surface area contributed by atoms with Crippen molar-refractivity contribution in [3.63, 3.8) is 0 Å². The number of carbonyl (C=O) groups excluding carboxylic acids is 2. The van der Waals surface area contributed by atoms with Gasteiger partial charge in [0.05, 0.1) is 6.54 Å². The summed E-state index contributed by atoms with van der Waals surface area (Å²) in [6, 6.07) is 21.3. The number of carbonyl (C=O) groups is 2. The fourth-order valence-corrected chi connectivity index (χ4v) is 4.34. The molecule has 4 nitrogen and oxygen atoms in total. The van der Waals surface area contributed by atoms with Gasteiger partial charge >= 0.3 is 0 Å². The third kappa shape index (κ3) is 6.28. The molecule has 0 N–H and O–H groups in total. The van der Waals surface area contributed by atoms with Crippen molar-refractivity contribution in [1.82, 2.24) is 9.80 Å². The Balaban J connectivity index is 1.77. The number of nitrogens with zero attached hydrogens (tertiary/aromatic N) is 2. The highest BCUT2D eigenvalue weighted by molar-refractivity contribution is 9.10. The van der Waals surface area contributed by atoms with E-state index in [0.717, 1.165) is 21.3 Å². The smallest absolute Gasteiger partial charge is 0.254 e. The zero-order valence-electron chi connectivity index (χ0n) is 17.0. The Labute approximate surface area is 190 Å². The molecule has 0 saturated heterocycles. The van der Waals surface area contributed by atoms with Crippen LogP contribution in [0.4, 0.5) is 0 Å². The van der Waals surface area contributed by atoms with Crippen LogP contribution in [0.15, 0.2) is 76.6 Å². The quantitative estimate of drug-likeness (QED) is 0.397. The largest absolute Gasteiger partial charge is 0.332 e. The van der Waals surface area contributed by atoms with Crippen LogP contribution >= 0.6 is 27.3 Å². The van der Waals surface area contributed by atoms with Gasteiger partial charge in [-0.2, -0.15) is 0 Å². The molecule has 3 rings (SSSR count).